The third-order valence-corrected chi connectivity index (χ3v) is 1.61. The maximum Gasteiger partial charge on any atom is 0.330 e. The fraction of sp³-hybridized carbons (Fsp3) is 0.625. The molecule has 0 radical (unpaired) electrons. The minimum atomic E-state index is -0.256. The Bertz CT molecular complexity index is 177. The number of esters is 1. The highest BCUT2D eigenvalue weighted by atomic mass is 16.5. The van der Waals surface area contributed by atoms with Crippen molar-refractivity contribution in [1.82, 2.24) is 5.32 Å². The summed E-state index contributed by atoms with van der Waals surface area (Å²) in [6, 6.07) is 0.889. The molecule has 1 saturated heterocycles. The molecule has 2 atom stereocenters. The summed E-state index contributed by atoms with van der Waals surface area (Å²) in [7, 11) is 0. The molecule has 1 aliphatic rings. The zero-order valence-electron chi connectivity index (χ0n) is 6.83. The lowest BCUT2D eigenvalue weighted by atomic mass is 10.3. The van der Waals surface area contributed by atoms with Gasteiger partial charge in [-0.05, 0) is 13.8 Å². The first kappa shape index (κ1) is 8.27. The molecule has 3 nitrogen and oxygen atoms in total. The predicted octanol–water partition coefficient (Wildman–Crippen LogP) is 0.466. The van der Waals surface area contributed by atoms with E-state index >= 15 is 0 Å². The second-order valence-corrected chi connectivity index (χ2v) is 2.59. The van der Waals surface area contributed by atoms with E-state index in [1.165, 1.54) is 6.08 Å². The Labute approximate surface area is 66.4 Å². The second-order valence-electron chi connectivity index (χ2n) is 2.59. The largest absolute Gasteiger partial charge is 0.463 e. The molecule has 1 rings (SSSR count). The summed E-state index contributed by atoms with van der Waals surface area (Å²) in [6.07, 6.45) is 3.31. The van der Waals surface area contributed by atoms with E-state index in [-0.39, 0.29) is 5.97 Å². The van der Waals surface area contributed by atoms with E-state index < -0.39 is 0 Å². The smallest absolute Gasteiger partial charge is 0.330 e. The highest BCUT2D eigenvalue weighted by Gasteiger charge is 2.28. The maximum absolute atomic E-state index is 10.7. The molecule has 0 aromatic heterocycles. The molecule has 0 bridgehead atoms. The van der Waals surface area contributed by atoms with Crippen LogP contribution >= 0.6 is 0 Å². The van der Waals surface area contributed by atoms with Gasteiger partial charge in [0.25, 0.3) is 0 Å². The number of nitrogens with one attached hydrogen (secondary N) is 1. The van der Waals surface area contributed by atoms with Crippen LogP contribution in [0.4, 0.5) is 0 Å². The Morgan fingerprint density at radius 3 is 2.82 bits per heavy atom. The van der Waals surface area contributed by atoms with E-state index in [1.54, 1.807) is 6.92 Å². The fourth-order valence-corrected chi connectivity index (χ4v) is 0.843. The molecule has 62 valence electrons. The van der Waals surface area contributed by atoms with Crippen LogP contribution in [0, 0.1) is 0 Å². The van der Waals surface area contributed by atoms with E-state index in [0.29, 0.717) is 18.7 Å². The van der Waals surface area contributed by atoms with Gasteiger partial charge in [-0.3, -0.25) is 0 Å². The molecule has 0 aromatic rings. The normalized spacial score (nSPS) is 28.9. The lowest BCUT2D eigenvalue weighted by Gasteiger charge is -1.92. The minimum Gasteiger partial charge on any atom is -0.463 e. The molecule has 1 fully saturated rings. The van der Waals surface area contributed by atoms with Crippen LogP contribution in [-0.2, 0) is 9.53 Å². The van der Waals surface area contributed by atoms with Gasteiger partial charge in [0.15, 0.2) is 0 Å². The van der Waals surface area contributed by atoms with Crippen LogP contribution in [0.3, 0.4) is 0 Å². The molecule has 3 heteroatoms. The number of carbonyl (C=O) groups is 1. The second kappa shape index (κ2) is 3.53. The number of hydrogen-bond donors (Lipinski definition) is 1. The molecular formula is C8H13NO2. The van der Waals surface area contributed by atoms with Gasteiger partial charge in [0.05, 0.1) is 6.61 Å². The van der Waals surface area contributed by atoms with Gasteiger partial charge in [-0.25, -0.2) is 4.79 Å². The Hall–Kier alpha value is -0.830. The third-order valence-electron chi connectivity index (χ3n) is 1.61. The van der Waals surface area contributed by atoms with E-state index in [0.717, 1.165) is 0 Å². The van der Waals surface area contributed by atoms with Crippen LogP contribution in [0.25, 0.3) is 0 Å². The summed E-state index contributed by atoms with van der Waals surface area (Å²) in [5, 5.41) is 3.13. The van der Waals surface area contributed by atoms with Gasteiger partial charge in [0.2, 0.25) is 0 Å². The molecule has 1 heterocycles. The van der Waals surface area contributed by atoms with Crippen molar-refractivity contribution in [2.24, 2.45) is 0 Å². The first-order valence-corrected chi connectivity index (χ1v) is 3.85. The standard InChI is InChI=1S/C8H13NO2/c1-3-11-8(10)5-4-7-6(2)9-7/h4-7,9H,3H2,1-2H3/b5-4+/t6-,7-/m1/s1. The lowest BCUT2D eigenvalue weighted by Crippen LogP contribution is -2.00. The number of carbonyl (C=O) groups excluding carboxylic acids is 1. The zero-order chi connectivity index (χ0) is 8.27. The number of rotatable bonds is 3. The van der Waals surface area contributed by atoms with E-state index in [4.69, 9.17) is 4.74 Å². The van der Waals surface area contributed by atoms with Crippen molar-refractivity contribution in [3.05, 3.63) is 12.2 Å². The molecule has 0 saturated carbocycles. The van der Waals surface area contributed by atoms with Gasteiger partial charge >= 0.3 is 5.97 Å². The van der Waals surface area contributed by atoms with Crippen molar-refractivity contribution in [3.8, 4) is 0 Å². The fourth-order valence-electron chi connectivity index (χ4n) is 0.843. The van der Waals surface area contributed by atoms with Gasteiger partial charge in [-0.15, -0.1) is 0 Å². The summed E-state index contributed by atoms with van der Waals surface area (Å²) in [6.45, 7) is 4.31. The monoisotopic (exact) mass is 155 g/mol. The molecule has 1 aliphatic heterocycles. The van der Waals surface area contributed by atoms with Gasteiger partial charge in [0, 0.05) is 18.2 Å². The molecule has 0 amide bonds. The topological polar surface area (TPSA) is 48.2 Å². The summed E-state index contributed by atoms with van der Waals surface area (Å²) in [4.78, 5) is 10.7. The molecule has 1 N–H and O–H groups in total. The van der Waals surface area contributed by atoms with Crippen molar-refractivity contribution in [2.75, 3.05) is 6.61 Å². The van der Waals surface area contributed by atoms with Crippen molar-refractivity contribution in [3.63, 3.8) is 0 Å². The van der Waals surface area contributed by atoms with Crippen LogP contribution in [0.1, 0.15) is 13.8 Å². The third kappa shape index (κ3) is 2.72. The minimum absolute atomic E-state index is 0.256. The van der Waals surface area contributed by atoms with Crippen LogP contribution < -0.4 is 5.32 Å². The molecule has 0 aromatic carbocycles. The summed E-state index contributed by atoms with van der Waals surface area (Å²) in [5.74, 6) is -0.256. The van der Waals surface area contributed by atoms with Crippen LogP contribution in [0.15, 0.2) is 12.2 Å². The van der Waals surface area contributed by atoms with Crippen molar-refractivity contribution >= 4 is 5.97 Å². The Balaban J connectivity index is 2.18. The Morgan fingerprint density at radius 2 is 2.36 bits per heavy atom. The van der Waals surface area contributed by atoms with Gasteiger partial charge < -0.3 is 10.1 Å². The summed E-state index contributed by atoms with van der Waals surface area (Å²) in [5.41, 5.74) is 0. The van der Waals surface area contributed by atoms with E-state index in [1.807, 2.05) is 6.08 Å². The van der Waals surface area contributed by atoms with Crippen molar-refractivity contribution in [1.29, 1.82) is 0 Å². The van der Waals surface area contributed by atoms with Crippen LogP contribution in [0.5, 0.6) is 0 Å². The average Bonchev–Trinajstić information content (AvgIpc) is 2.63. The lowest BCUT2D eigenvalue weighted by molar-refractivity contribution is -0.137. The summed E-state index contributed by atoms with van der Waals surface area (Å²) < 4.78 is 4.70. The highest BCUT2D eigenvalue weighted by molar-refractivity contribution is 5.82. The van der Waals surface area contributed by atoms with Crippen LogP contribution in [-0.4, -0.2) is 24.7 Å². The van der Waals surface area contributed by atoms with Gasteiger partial charge in [-0.1, -0.05) is 6.08 Å². The zero-order valence-corrected chi connectivity index (χ0v) is 6.83. The van der Waals surface area contributed by atoms with Crippen molar-refractivity contribution < 1.29 is 9.53 Å². The molecule has 0 aliphatic carbocycles. The number of hydrogen-bond acceptors (Lipinski definition) is 3. The van der Waals surface area contributed by atoms with Gasteiger partial charge in [-0.2, -0.15) is 0 Å². The number of ether oxygens (including phenoxy) is 1. The maximum atomic E-state index is 10.7. The van der Waals surface area contributed by atoms with Crippen LogP contribution in [0.2, 0.25) is 0 Å². The molecule has 11 heavy (non-hydrogen) atoms. The van der Waals surface area contributed by atoms with E-state index in [2.05, 4.69) is 12.2 Å². The molecule has 0 unspecified atom stereocenters. The quantitative estimate of drug-likeness (QED) is 0.366. The average molecular weight is 155 g/mol. The Morgan fingerprint density at radius 1 is 1.73 bits per heavy atom. The highest BCUT2D eigenvalue weighted by Crippen LogP contribution is 2.09. The van der Waals surface area contributed by atoms with Crippen molar-refractivity contribution in [2.45, 2.75) is 25.9 Å². The first-order valence-electron chi connectivity index (χ1n) is 3.85. The SMILES string of the molecule is CCOC(=O)/C=C/[C@H]1N[C@@H]1C. The summed E-state index contributed by atoms with van der Waals surface area (Å²) >= 11 is 0. The Kier molecular flexibility index (Phi) is 2.65. The molecular weight excluding hydrogens is 142 g/mol. The molecule has 0 spiro atoms. The van der Waals surface area contributed by atoms with E-state index in [9.17, 15) is 4.79 Å². The predicted molar refractivity (Wildman–Crippen MR) is 42.2 cm³/mol. The first-order chi connectivity index (χ1) is 5.24. The van der Waals surface area contributed by atoms with Gasteiger partial charge in [0.1, 0.15) is 0 Å².